The van der Waals surface area contributed by atoms with E-state index in [0.717, 1.165) is 0 Å². The molecule has 0 saturated carbocycles. The molecule has 0 aliphatic rings. The zero-order valence-corrected chi connectivity index (χ0v) is 6.51. The third-order valence-corrected chi connectivity index (χ3v) is 1.71. The highest BCUT2D eigenvalue weighted by atomic mass is 32.1. The molecule has 6 heteroatoms. The molecule has 0 aliphatic carbocycles. The maximum absolute atomic E-state index is 8.62. The van der Waals surface area contributed by atoms with E-state index in [9.17, 15) is 0 Å². The van der Waals surface area contributed by atoms with Crippen LogP contribution in [-0.4, -0.2) is 16.1 Å². The summed E-state index contributed by atoms with van der Waals surface area (Å²) in [5, 5.41) is 10.8. The lowest BCUT2D eigenvalue weighted by molar-refractivity contribution is 0.278. The minimum Gasteiger partial charge on any atom is -0.390 e. The minimum absolute atomic E-state index is 0.0242. The molecule has 0 saturated heterocycles. The van der Waals surface area contributed by atoms with Crippen LogP contribution in [0.3, 0.4) is 0 Å². The highest BCUT2D eigenvalue weighted by Gasteiger charge is 1.97. The Bertz CT molecular complexity index is 265. The van der Waals surface area contributed by atoms with Crippen molar-refractivity contribution in [3.8, 4) is 0 Å². The van der Waals surface area contributed by atoms with Crippen molar-refractivity contribution in [3.05, 3.63) is 11.1 Å². The first-order chi connectivity index (χ1) is 5.22. The fourth-order valence-corrected chi connectivity index (χ4v) is 1.23. The van der Waals surface area contributed by atoms with E-state index in [0.29, 0.717) is 10.8 Å². The van der Waals surface area contributed by atoms with Crippen LogP contribution in [0.15, 0.2) is 10.4 Å². The molecule has 0 aliphatic heterocycles. The molecule has 0 fully saturated rings. The third kappa shape index (κ3) is 2.17. The monoisotopic (exact) mass is 172 g/mol. The molecule has 0 bridgehead atoms. The number of aliphatic hydroxyl groups excluding tert-OH is 1. The van der Waals surface area contributed by atoms with E-state index in [2.05, 4.69) is 9.98 Å². The van der Waals surface area contributed by atoms with Crippen molar-refractivity contribution in [1.82, 2.24) is 4.98 Å². The standard InChI is InChI=1S/C5H8N4OS/c6-4(7)9-5-8-3(1-10)2-11-5/h2,10H,1H2,(H4,6,7,8,9). The molecule has 60 valence electrons. The molecule has 11 heavy (non-hydrogen) atoms. The number of hydrogen-bond donors (Lipinski definition) is 3. The zero-order chi connectivity index (χ0) is 8.27. The van der Waals surface area contributed by atoms with Crippen molar-refractivity contribution < 1.29 is 5.11 Å². The maximum Gasteiger partial charge on any atom is 0.212 e. The Morgan fingerprint density at radius 1 is 1.73 bits per heavy atom. The van der Waals surface area contributed by atoms with Gasteiger partial charge in [-0.15, -0.1) is 11.3 Å². The van der Waals surface area contributed by atoms with Gasteiger partial charge in [-0.1, -0.05) is 0 Å². The molecular weight excluding hydrogens is 164 g/mol. The van der Waals surface area contributed by atoms with Gasteiger partial charge in [-0.05, 0) is 0 Å². The van der Waals surface area contributed by atoms with E-state index in [1.807, 2.05) is 0 Å². The summed E-state index contributed by atoms with van der Waals surface area (Å²) >= 11 is 1.28. The highest BCUT2D eigenvalue weighted by Crippen LogP contribution is 2.17. The second-order valence-corrected chi connectivity index (χ2v) is 2.65. The first-order valence-electron chi connectivity index (χ1n) is 2.87. The van der Waals surface area contributed by atoms with Crippen LogP contribution in [0, 0.1) is 0 Å². The van der Waals surface area contributed by atoms with Gasteiger partial charge >= 0.3 is 0 Å². The lowest BCUT2D eigenvalue weighted by Gasteiger charge is -1.85. The Balaban J connectivity index is 2.81. The van der Waals surface area contributed by atoms with E-state index in [-0.39, 0.29) is 12.6 Å². The summed E-state index contributed by atoms with van der Waals surface area (Å²) in [6, 6.07) is 0. The first-order valence-corrected chi connectivity index (χ1v) is 3.75. The Morgan fingerprint density at radius 3 is 2.91 bits per heavy atom. The van der Waals surface area contributed by atoms with Gasteiger partial charge in [-0.3, -0.25) is 0 Å². The van der Waals surface area contributed by atoms with Crippen molar-refractivity contribution in [3.63, 3.8) is 0 Å². The van der Waals surface area contributed by atoms with Crippen molar-refractivity contribution >= 4 is 22.4 Å². The average molecular weight is 172 g/mol. The van der Waals surface area contributed by atoms with Gasteiger partial charge in [0, 0.05) is 5.38 Å². The maximum atomic E-state index is 8.62. The molecule has 0 amide bonds. The van der Waals surface area contributed by atoms with E-state index in [4.69, 9.17) is 16.6 Å². The summed E-state index contributed by atoms with van der Waals surface area (Å²) in [6.45, 7) is -0.0868. The van der Waals surface area contributed by atoms with Gasteiger partial charge in [0.2, 0.25) is 5.13 Å². The summed E-state index contributed by atoms with van der Waals surface area (Å²) in [5.41, 5.74) is 10.8. The summed E-state index contributed by atoms with van der Waals surface area (Å²) in [5.74, 6) is -0.0242. The Morgan fingerprint density at radius 2 is 2.45 bits per heavy atom. The van der Waals surface area contributed by atoms with E-state index < -0.39 is 0 Å². The number of nitrogens with two attached hydrogens (primary N) is 2. The van der Waals surface area contributed by atoms with Crippen molar-refractivity contribution in [2.24, 2.45) is 16.5 Å². The predicted molar refractivity (Wildman–Crippen MR) is 43.5 cm³/mol. The molecule has 0 radical (unpaired) electrons. The number of aliphatic imine (C=N–C) groups is 1. The van der Waals surface area contributed by atoms with Crippen molar-refractivity contribution in [2.45, 2.75) is 6.61 Å². The second-order valence-electron chi connectivity index (χ2n) is 1.82. The number of hydrogen-bond acceptors (Lipinski definition) is 4. The van der Waals surface area contributed by atoms with Gasteiger partial charge in [0.05, 0.1) is 12.3 Å². The molecule has 5 nitrogen and oxygen atoms in total. The number of nitrogens with zero attached hydrogens (tertiary/aromatic N) is 2. The lowest BCUT2D eigenvalue weighted by atomic mass is 10.5. The van der Waals surface area contributed by atoms with Crippen LogP contribution in [0.1, 0.15) is 5.69 Å². The number of aliphatic hydroxyl groups is 1. The molecule has 5 N–H and O–H groups in total. The third-order valence-electron chi connectivity index (χ3n) is 0.926. The SMILES string of the molecule is NC(N)=Nc1nc(CO)cs1. The van der Waals surface area contributed by atoms with E-state index in [1.54, 1.807) is 5.38 Å². The van der Waals surface area contributed by atoms with E-state index in [1.165, 1.54) is 11.3 Å². The van der Waals surface area contributed by atoms with Gasteiger partial charge in [0.15, 0.2) is 5.96 Å². The van der Waals surface area contributed by atoms with Crippen molar-refractivity contribution in [1.29, 1.82) is 0 Å². The largest absolute Gasteiger partial charge is 0.390 e. The molecule has 1 heterocycles. The fourth-order valence-electron chi connectivity index (χ4n) is 0.531. The van der Waals surface area contributed by atoms with Crippen LogP contribution < -0.4 is 11.5 Å². The van der Waals surface area contributed by atoms with Gasteiger partial charge in [-0.2, -0.15) is 4.99 Å². The molecule has 1 aromatic heterocycles. The van der Waals surface area contributed by atoms with Gasteiger partial charge in [0.1, 0.15) is 0 Å². The number of guanidine groups is 1. The summed E-state index contributed by atoms with van der Waals surface area (Å²) < 4.78 is 0. The summed E-state index contributed by atoms with van der Waals surface area (Å²) in [4.78, 5) is 7.59. The van der Waals surface area contributed by atoms with Crippen LogP contribution >= 0.6 is 11.3 Å². The molecule has 0 atom stereocenters. The Hall–Kier alpha value is -1.14. The topological polar surface area (TPSA) is 97.5 Å². The normalized spacial score (nSPS) is 9.55. The number of rotatable bonds is 2. The van der Waals surface area contributed by atoms with Crippen LogP contribution in [0.4, 0.5) is 5.13 Å². The molecule has 0 unspecified atom stereocenters. The summed E-state index contributed by atoms with van der Waals surface area (Å²) in [6.07, 6.45) is 0. The van der Waals surface area contributed by atoms with Crippen LogP contribution in [-0.2, 0) is 6.61 Å². The molecule has 0 spiro atoms. The van der Waals surface area contributed by atoms with Crippen LogP contribution in [0.5, 0.6) is 0 Å². The molecule has 0 aromatic carbocycles. The van der Waals surface area contributed by atoms with Crippen molar-refractivity contribution in [2.75, 3.05) is 0 Å². The smallest absolute Gasteiger partial charge is 0.212 e. The predicted octanol–water partition coefficient (Wildman–Crippen LogP) is -0.460. The molecule has 1 rings (SSSR count). The second kappa shape index (κ2) is 3.31. The average Bonchev–Trinajstić information content (AvgIpc) is 2.34. The van der Waals surface area contributed by atoms with Gasteiger partial charge < -0.3 is 16.6 Å². The molecular formula is C5H8N4OS. The van der Waals surface area contributed by atoms with Crippen LogP contribution in [0.2, 0.25) is 0 Å². The van der Waals surface area contributed by atoms with Crippen LogP contribution in [0.25, 0.3) is 0 Å². The Labute approximate surface area is 67.4 Å². The quantitative estimate of drug-likeness (QED) is 0.415. The first kappa shape index (κ1) is 7.96. The van der Waals surface area contributed by atoms with E-state index >= 15 is 0 Å². The Kier molecular flexibility index (Phi) is 2.40. The number of aromatic nitrogens is 1. The zero-order valence-electron chi connectivity index (χ0n) is 5.69. The number of thiazole rings is 1. The summed E-state index contributed by atoms with van der Waals surface area (Å²) in [7, 11) is 0. The minimum atomic E-state index is -0.0868. The molecule has 1 aromatic rings. The fraction of sp³-hybridized carbons (Fsp3) is 0.200. The van der Waals surface area contributed by atoms with Gasteiger partial charge in [0.25, 0.3) is 0 Å². The lowest BCUT2D eigenvalue weighted by Crippen LogP contribution is -2.21. The van der Waals surface area contributed by atoms with Gasteiger partial charge in [-0.25, -0.2) is 4.98 Å². The highest BCUT2D eigenvalue weighted by molar-refractivity contribution is 7.13.